The highest BCUT2D eigenvalue weighted by atomic mass is 16.1. The van der Waals surface area contributed by atoms with Crippen molar-refractivity contribution in [1.29, 1.82) is 0 Å². The normalized spacial score (nSPS) is 20.6. The molecule has 4 heterocycles. The van der Waals surface area contributed by atoms with Gasteiger partial charge >= 0.3 is 0 Å². The van der Waals surface area contributed by atoms with Crippen molar-refractivity contribution < 1.29 is 4.79 Å². The first-order valence-electron chi connectivity index (χ1n) is 9.48. The van der Waals surface area contributed by atoms with Crippen molar-refractivity contribution >= 4 is 11.6 Å². The molecule has 4 rings (SSSR count). The Kier molecular flexibility index (Phi) is 5.15. The van der Waals surface area contributed by atoms with Gasteiger partial charge in [-0.05, 0) is 37.9 Å². The van der Waals surface area contributed by atoms with Gasteiger partial charge in [-0.25, -0.2) is 4.98 Å². The summed E-state index contributed by atoms with van der Waals surface area (Å²) >= 11 is 0. The molecule has 0 radical (unpaired) electrons. The lowest BCUT2D eigenvalue weighted by Gasteiger charge is -2.27. The molecular formula is C19H26N6O. The monoisotopic (exact) mass is 354 g/mol. The second-order valence-corrected chi connectivity index (χ2v) is 7.09. The highest BCUT2D eigenvalue weighted by Gasteiger charge is 2.29. The minimum Gasteiger partial charge on any atom is -0.370 e. The zero-order valence-corrected chi connectivity index (χ0v) is 15.0. The van der Waals surface area contributed by atoms with Crippen molar-refractivity contribution in [3.8, 4) is 0 Å². The van der Waals surface area contributed by atoms with Crippen LogP contribution in [-0.2, 0) is 6.54 Å². The van der Waals surface area contributed by atoms with E-state index in [9.17, 15) is 4.79 Å². The summed E-state index contributed by atoms with van der Waals surface area (Å²) in [7, 11) is 0. The number of amides is 1. The summed E-state index contributed by atoms with van der Waals surface area (Å²) in [5.74, 6) is -0.121. The van der Waals surface area contributed by atoms with E-state index < -0.39 is 0 Å². The van der Waals surface area contributed by atoms with E-state index in [0.717, 1.165) is 18.8 Å². The molecule has 1 N–H and O–H groups in total. The highest BCUT2D eigenvalue weighted by molar-refractivity contribution is 5.93. The predicted octanol–water partition coefficient (Wildman–Crippen LogP) is 1.38. The number of imidazole rings is 1. The van der Waals surface area contributed by atoms with E-state index >= 15 is 0 Å². The summed E-state index contributed by atoms with van der Waals surface area (Å²) in [6.07, 6.45) is 10.9. The Hall–Kier alpha value is -2.41. The van der Waals surface area contributed by atoms with Crippen LogP contribution in [0.5, 0.6) is 0 Å². The van der Waals surface area contributed by atoms with Crippen molar-refractivity contribution in [3.05, 3.63) is 42.7 Å². The molecule has 1 atom stereocenters. The van der Waals surface area contributed by atoms with Crippen molar-refractivity contribution in [2.75, 3.05) is 37.6 Å². The van der Waals surface area contributed by atoms with Crippen LogP contribution >= 0.6 is 0 Å². The van der Waals surface area contributed by atoms with Gasteiger partial charge < -0.3 is 14.8 Å². The zero-order chi connectivity index (χ0) is 17.8. The van der Waals surface area contributed by atoms with Gasteiger partial charge in [0.05, 0.1) is 6.33 Å². The molecular weight excluding hydrogens is 328 g/mol. The Morgan fingerprint density at radius 2 is 2.15 bits per heavy atom. The number of hydrogen-bond acceptors (Lipinski definition) is 5. The second-order valence-electron chi connectivity index (χ2n) is 7.09. The number of pyridine rings is 1. The van der Waals surface area contributed by atoms with Gasteiger partial charge in [0.1, 0.15) is 5.69 Å². The number of anilines is 1. The van der Waals surface area contributed by atoms with Gasteiger partial charge in [0.2, 0.25) is 0 Å². The quantitative estimate of drug-likeness (QED) is 0.879. The van der Waals surface area contributed by atoms with Gasteiger partial charge in [-0.2, -0.15) is 0 Å². The van der Waals surface area contributed by atoms with Crippen molar-refractivity contribution in [2.45, 2.75) is 31.8 Å². The maximum atomic E-state index is 12.4. The molecule has 2 aliphatic rings. The third-order valence-electron chi connectivity index (χ3n) is 5.36. The van der Waals surface area contributed by atoms with Crippen molar-refractivity contribution in [3.63, 3.8) is 0 Å². The van der Waals surface area contributed by atoms with Crippen LogP contribution in [-0.4, -0.2) is 64.1 Å². The Labute approximate surface area is 154 Å². The molecule has 0 bridgehead atoms. The van der Waals surface area contributed by atoms with Gasteiger partial charge in [-0.1, -0.05) is 0 Å². The van der Waals surface area contributed by atoms with Crippen LogP contribution in [0.3, 0.4) is 0 Å². The number of carbonyl (C=O) groups excluding carboxylic acids is 1. The third kappa shape index (κ3) is 3.88. The molecule has 138 valence electrons. The molecule has 7 nitrogen and oxygen atoms in total. The average molecular weight is 354 g/mol. The van der Waals surface area contributed by atoms with Crippen LogP contribution in [0, 0.1) is 0 Å². The fraction of sp³-hybridized carbons (Fsp3) is 0.526. The lowest BCUT2D eigenvalue weighted by Crippen LogP contribution is -2.36. The first-order chi connectivity index (χ1) is 12.8. The lowest BCUT2D eigenvalue weighted by atomic mass is 10.2. The topological polar surface area (TPSA) is 66.3 Å². The van der Waals surface area contributed by atoms with E-state index in [-0.39, 0.29) is 5.91 Å². The molecule has 0 spiro atoms. The fourth-order valence-electron chi connectivity index (χ4n) is 3.99. The minimum absolute atomic E-state index is 0.121. The van der Waals surface area contributed by atoms with Crippen LogP contribution in [0.2, 0.25) is 0 Å². The summed E-state index contributed by atoms with van der Waals surface area (Å²) in [6, 6.07) is 4.60. The molecule has 1 amide bonds. The number of nitrogens with zero attached hydrogens (tertiary/aromatic N) is 5. The molecule has 7 heteroatoms. The van der Waals surface area contributed by atoms with E-state index in [1.54, 1.807) is 18.7 Å². The molecule has 2 aliphatic heterocycles. The van der Waals surface area contributed by atoms with E-state index in [2.05, 4.69) is 25.1 Å². The standard InChI is InChI=1S/C19H26N6O/c26-19(22-7-12-23-11-6-20-15-23)18-13-16(4-5-21-18)25-10-2-9-24-8-1-3-17(24)14-25/h4-6,11,13,15,17H,1-3,7-10,12,14H2,(H,22,26)/t17-/m0/s1. The first kappa shape index (κ1) is 17.0. The third-order valence-corrected chi connectivity index (χ3v) is 5.36. The Morgan fingerprint density at radius 1 is 1.23 bits per heavy atom. The lowest BCUT2D eigenvalue weighted by molar-refractivity contribution is 0.0947. The number of carbonyl (C=O) groups is 1. The fourth-order valence-corrected chi connectivity index (χ4v) is 3.99. The molecule has 2 fully saturated rings. The number of hydrogen-bond donors (Lipinski definition) is 1. The van der Waals surface area contributed by atoms with Crippen LogP contribution in [0.4, 0.5) is 5.69 Å². The molecule has 0 aromatic carbocycles. The molecule has 0 aliphatic carbocycles. The molecule has 2 aromatic heterocycles. The van der Waals surface area contributed by atoms with Crippen LogP contribution in [0.25, 0.3) is 0 Å². The Balaban J connectivity index is 1.38. The van der Waals surface area contributed by atoms with E-state index in [4.69, 9.17) is 0 Å². The predicted molar refractivity (Wildman–Crippen MR) is 100 cm³/mol. The number of aromatic nitrogens is 3. The van der Waals surface area contributed by atoms with Gasteiger partial charge in [0.15, 0.2) is 0 Å². The SMILES string of the molecule is O=C(NCCn1ccnc1)c1cc(N2CCCN3CCC[C@H]3C2)ccn1. The molecule has 26 heavy (non-hydrogen) atoms. The minimum atomic E-state index is -0.121. The van der Waals surface area contributed by atoms with Crippen LogP contribution < -0.4 is 10.2 Å². The number of nitrogens with one attached hydrogen (secondary N) is 1. The van der Waals surface area contributed by atoms with E-state index in [1.165, 1.54) is 32.4 Å². The van der Waals surface area contributed by atoms with Crippen molar-refractivity contribution in [2.24, 2.45) is 0 Å². The van der Waals surface area contributed by atoms with Gasteiger partial charge in [0.25, 0.3) is 5.91 Å². The van der Waals surface area contributed by atoms with Gasteiger partial charge in [0, 0.05) is 63.0 Å². The van der Waals surface area contributed by atoms with Gasteiger partial charge in [-0.15, -0.1) is 0 Å². The highest BCUT2D eigenvalue weighted by Crippen LogP contribution is 2.25. The maximum Gasteiger partial charge on any atom is 0.270 e. The van der Waals surface area contributed by atoms with E-state index in [1.807, 2.05) is 22.9 Å². The smallest absolute Gasteiger partial charge is 0.270 e. The summed E-state index contributed by atoms with van der Waals surface area (Å²) in [5.41, 5.74) is 1.59. The van der Waals surface area contributed by atoms with E-state index in [0.29, 0.717) is 24.8 Å². The average Bonchev–Trinajstić information content (AvgIpc) is 3.30. The van der Waals surface area contributed by atoms with Crippen molar-refractivity contribution in [1.82, 2.24) is 24.8 Å². The molecule has 0 saturated carbocycles. The largest absolute Gasteiger partial charge is 0.370 e. The second kappa shape index (κ2) is 7.86. The first-order valence-corrected chi connectivity index (χ1v) is 9.48. The van der Waals surface area contributed by atoms with Crippen LogP contribution in [0.15, 0.2) is 37.1 Å². The summed E-state index contributed by atoms with van der Waals surface area (Å²) < 4.78 is 1.94. The molecule has 2 aromatic rings. The summed E-state index contributed by atoms with van der Waals surface area (Å²) in [5, 5.41) is 2.94. The molecule has 0 unspecified atom stereocenters. The Morgan fingerprint density at radius 3 is 3.04 bits per heavy atom. The zero-order valence-electron chi connectivity index (χ0n) is 15.0. The van der Waals surface area contributed by atoms with Crippen LogP contribution in [0.1, 0.15) is 29.8 Å². The number of rotatable bonds is 5. The van der Waals surface area contributed by atoms with Gasteiger partial charge in [-0.3, -0.25) is 14.7 Å². The Bertz CT molecular complexity index is 731. The maximum absolute atomic E-state index is 12.4. The number of fused-ring (bicyclic) bond motifs is 1. The summed E-state index contributed by atoms with van der Waals surface area (Å²) in [6.45, 7) is 5.77. The molecule has 2 saturated heterocycles. The summed E-state index contributed by atoms with van der Waals surface area (Å²) in [4.78, 5) is 25.7.